The van der Waals surface area contributed by atoms with Crippen molar-refractivity contribution in [3.05, 3.63) is 0 Å². The van der Waals surface area contributed by atoms with E-state index in [2.05, 4.69) is 5.32 Å². The molecule has 15 heavy (non-hydrogen) atoms. The van der Waals surface area contributed by atoms with Crippen molar-refractivity contribution in [3.63, 3.8) is 0 Å². The van der Waals surface area contributed by atoms with Gasteiger partial charge in [-0.25, -0.2) is 4.79 Å². The SMILES string of the molecule is CCC[C@H](NCC[C@H](O)C(=O)O)C(=O)O. The Hall–Kier alpha value is -1.14. The molecule has 2 atom stereocenters. The molecule has 0 saturated heterocycles. The fraction of sp³-hybridized carbons (Fsp3) is 0.778. The van der Waals surface area contributed by atoms with Gasteiger partial charge in [-0.2, -0.15) is 0 Å². The Kier molecular flexibility index (Phi) is 6.64. The first kappa shape index (κ1) is 13.9. The highest BCUT2D eigenvalue weighted by molar-refractivity contribution is 5.73. The van der Waals surface area contributed by atoms with Gasteiger partial charge in [0.25, 0.3) is 0 Å². The lowest BCUT2D eigenvalue weighted by molar-refractivity contribution is -0.146. The third-order valence-electron chi connectivity index (χ3n) is 1.97. The van der Waals surface area contributed by atoms with Crippen LogP contribution in [-0.2, 0) is 9.59 Å². The zero-order valence-corrected chi connectivity index (χ0v) is 8.64. The summed E-state index contributed by atoms with van der Waals surface area (Å²) < 4.78 is 0. The summed E-state index contributed by atoms with van der Waals surface area (Å²) in [5.41, 5.74) is 0. The molecule has 0 heterocycles. The first-order valence-electron chi connectivity index (χ1n) is 4.86. The van der Waals surface area contributed by atoms with Crippen LogP contribution in [0.15, 0.2) is 0 Å². The molecule has 0 radical (unpaired) electrons. The minimum atomic E-state index is -1.44. The third kappa shape index (κ3) is 6.03. The molecule has 0 rings (SSSR count). The van der Waals surface area contributed by atoms with Gasteiger partial charge in [-0.15, -0.1) is 0 Å². The molecule has 0 aromatic heterocycles. The van der Waals surface area contributed by atoms with Gasteiger partial charge in [0.15, 0.2) is 6.10 Å². The van der Waals surface area contributed by atoms with Gasteiger partial charge in [0.05, 0.1) is 0 Å². The summed E-state index contributed by atoms with van der Waals surface area (Å²) in [6.07, 6.45) is -0.221. The minimum Gasteiger partial charge on any atom is -0.480 e. The van der Waals surface area contributed by atoms with E-state index in [0.717, 1.165) is 6.42 Å². The molecule has 0 aromatic rings. The van der Waals surface area contributed by atoms with E-state index >= 15 is 0 Å². The minimum absolute atomic E-state index is 0.00281. The van der Waals surface area contributed by atoms with Crippen LogP contribution in [0, 0.1) is 0 Å². The number of carboxylic acid groups (broad SMARTS) is 2. The molecule has 0 aliphatic heterocycles. The highest BCUT2D eigenvalue weighted by atomic mass is 16.4. The van der Waals surface area contributed by atoms with E-state index in [0.29, 0.717) is 6.42 Å². The van der Waals surface area contributed by atoms with Gasteiger partial charge < -0.3 is 20.6 Å². The van der Waals surface area contributed by atoms with Crippen molar-refractivity contribution in [1.29, 1.82) is 0 Å². The molecule has 0 amide bonds. The number of hydrogen-bond donors (Lipinski definition) is 4. The second-order valence-corrected chi connectivity index (χ2v) is 3.28. The monoisotopic (exact) mass is 219 g/mol. The summed E-state index contributed by atoms with van der Waals surface area (Å²) in [6, 6.07) is -0.670. The fourth-order valence-corrected chi connectivity index (χ4v) is 1.12. The van der Waals surface area contributed by atoms with E-state index < -0.39 is 24.1 Å². The summed E-state index contributed by atoms with van der Waals surface area (Å²) in [7, 11) is 0. The van der Waals surface area contributed by atoms with Crippen LogP contribution < -0.4 is 5.32 Å². The maximum absolute atomic E-state index is 10.7. The van der Waals surface area contributed by atoms with Crippen LogP contribution in [0.5, 0.6) is 0 Å². The maximum atomic E-state index is 10.7. The Labute approximate surface area is 87.9 Å². The van der Waals surface area contributed by atoms with Crippen molar-refractivity contribution in [2.45, 2.75) is 38.3 Å². The van der Waals surface area contributed by atoms with Crippen LogP contribution in [0.1, 0.15) is 26.2 Å². The molecular weight excluding hydrogens is 202 g/mol. The summed E-state index contributed by atoms with van der Waals surface area (Å²) in [4.78, 5) is 20.9. The summed E-state index contributed by atoms with van der Waals surface area (Å²) in [6.45, 7) is 2.04. The Morgan fingerprint density at radius 1 is 1.20 bits per heavy atom. The number of aliphatic hydroxyl groups is 1. The first-order valence-corrected chi connectivity index (χ1v) is 4.86. The maximum Gasteiger partial charge on any atom is 0.332 e. The number of nitrogens with one attached hydrogen (secondary N) is 1. The largest absolute Gasteiger partial charge is 0.480 e. The highest BCUT2D eigenvalue weighted by Gasteiger charge is 2.17. The van der Waals surface area contributed by atoms with Crippen LogP contribution in [0.2, 0.25) is 0 Å². The molecule has 0 saturated carbocycles. The number of hydrogen-bond acceptors (Lipinski definition) is 4. The highest BCUT2D eigenvalue weighted by Crippen LogP contribution is 1.98. The Bertz CT molecular complexity index is 219. The lowest BCUT2D eigenvalue weighted by Gasteiger charge is -2.13. The van der Waals surface area contributed by atoms with E-state index in [4.69, 9.17) is 15.3 Å². The van der Waals surface area contributed by atoms with Crippen molar-refractivity contribution in [1.82, 2.24) is 5.32 Å². The molecule has 0 bridgehead atoms. The van der Waals surface area contributed by atoms with Gasteiger partial charge in [-0.1, -0.05) is 13.3 Å². The normalized spacial score (nSPS) is 14.5. The van der Waals surface area contributed by atoms with Gasteiger partial charge in [0.2, 0.25) is 0 Å². The van der Waals surface area contributed by atoms with Gasteiger partial charge in [0, 0.05) is 0 Å². The van der Waals surface area contributed by atoms with E-state index in [1.165, 1.54) is 0 Å². The van der Waals surface area contributed by atoms with Crippen LogP contribution in [0.25, 0.3) is 0 Å². The van der Waals surface area contributed by atoms with Crippen LogP contribution in [0.3, 0.4) is 0 Å². The molecule has 0 spiro atoms. The van der Waals surface area contributed by atoms with Crippen molar-refractivity contribution in [2.24, 2.45) is 0 Å². The predicted molar refractivity (Wildman–Crippen MR) is 52.6 cm³/mol. The molecule has 6 nitrogen and oxygen atoms in total. The summed E-state index contributed by atoms with van der Waals surface area (Å²) in [5, 5.41) is 28.7. The summed E-state index contributed by atoms with van der Waals surface area (Å²) in [5.74, 6) is -2.25. The van der Waals surface area contributed by atoms with E-state index in [1.807, 2.05) is 6.92 Å². The van der Waals surface area contributed by atoms with E-state index in [1.54, 1.807) is 0 Å². The zero-order valence-electron chi connectivity index (χ0n) is 8.64. The van der Waals surface area contributed by atoms with Crippen molar-refractivity contribution >= 4 is 11.9 Å². The second kappa shape index (κ2) is 7.19. The summed E-state index contributed by atoms with van der Waals surface area (Å²) >= 11 is 0. The molecule has 88 valence electrons. The van der Waals surface area contributed by atoms with Crippen molar-refractivity contribution in [3.8, 4) is 0 Å². The molecule has 0 aliphatic rings. The molecule has 0 aromatic carbocycles. The van der Waals surface area contributed by atoms with Crippen LogP contribution in [0.4, 0.5) is 0 Å². The fourth-order valence-electron chi connectivity index (χ4n) is 1.12. The van der Waals surface area contributed by atoms with Gasteiger partial charge >= 0.3 is 11.9 Å². The van der Waals surface area contributed by atoms with Crippen molar-refractivity contribution < 1.29 is 24.9 Å². The Morgan fingerprint density at radius 2 is 1.80 bits per heavy atom. The van der Waals surface area contributed by atoms with Crippen LogP contribution >= 0.6 is 0 Å². The lowest BCUT2D eigenvalue weighted by atomic mass is 10.1. The van der Waals surface area contributed by atoms with Gasteiger partial charge in [0.1, 0.15) is 6.04 Å². The number of carbonyl (C=O) groups is 2. The quantitative estimate of drug-likeness (QED) is 0.445. The number of aliphatic carboxylic acids is 2. The predicted octanol–water partition coefficient (Wildman–Crippen LogP) is -0.335. The number of rotatable bonds is 8. The molecule has 0 unspecified atom stereocenters. The molecule has 0 fully saturated rings. The third-order valence-corrected chi connectivity index (χ3v) is 1.97. The molecule has 4 N–H and O–H groups in total. The van der Waals surface area contributed by atoms with Gasteiger partial charge in [-0.05, 0) is 19.4 Å². The van der Waals surface area contributed by atoms with Crippen LogP contribution in [-0.4, -0.2) is 45.9 Å². The smallest absolute Gasteiger partial charge is 0.332 e. The average molecular weight is 219 g/mol. The van der Waals surface area contributed by atoms with E-state index in [9.17, 15) is 9.59 Å². The number of carboxylic acids is 2. The Morgan fingerprint density at radius 3 is 2.20 bits per heavy atom. The lowest BCUT2D eigenvalue weighted by Crippen LogP contribution is -2.38. The molecule has 0 aliphatic carbocycles. The first-order chi connectivity index (χ1) is 6.99. The second-order valence-electron chi connectivity index (χ2n) is 3.28. The van der Waals surface area contributed by atoms with Crippen molar-refractivity contribution in [2.75, 3.05) is 6.54 Å². The zero-order chi connectivity index (χ0) is 11.8. The molecular formula is C9H17NO5. The topological polar surface area (TPSA) is 107 Å². The Balaban J connectivity index is 3.80. The standard InChI is InChI=1S/C9H17NO5/c1-2-3-6(8(12)13)10-5-4-7(11)9(14)15/h6-7,10-11H,2-5H2,1H3,(H,12,13)(H,14,15)/t6-,7-/m0/s1. The van der Waals surface area contributed by atoms with Gasteiger partial charge in [-0.3, -0.25) is 4.79 Å². The number of aliphatic hydroxyl groups excluding tert-OH is 1. The molecule has 6 heteroatoms. The van der Waals surface area contributed by atoms with E-state index in [-0.39, 0.29) is 13.0 Å². The average Bonchev–Trinajstić information content (AvgIpc) is 2.15.